The minimum Gasteiger partial charge on any atom is -0.496 e. The number of ether oxygens (including phenoxy) is 1. The van der Waals surface area contributed by atoms with E-state index >= 15 is 0 Å². The first kappa shape index (κ1) is 15.3. The van der Waals surface area contributed by atoms with Crippen LogP contribution in [-0.2, 0) is 6.54 Å². The smallest absolute Gasteiger partial charge is 0.123 e. The van der Waals surface area contributed by atoms with Gasteiger partial charge in [-0.3, -0.25) is 9.80 Å². The fourth-order valence-electron chi connectivity index (χ4n) is 2.73. The molecule has 0 aromatic heterocycles. The Hall–Kier alpha value is -1.10. The van der Waals surface area contributed by atoms with E-state index in [1.54, 1.807) is 7.11 Å². The van der Waals surface area contributed by atoms with Crippen molar-refractivity contribution >= 4 is 0 Å². The summed E-state index contributed by atoms with van der Waals surface area (Å²) in [6.45, 7) is 9.51. The molecule has 1 aromatic rings. The van der Waals surface area contributed by atoms with Gasteiger partial charge in [0, 0.05) is 44.8 Å². The van der Waals surface area contributed by atoms with Crippen LogP contribution in [0.25, 0.3) is 0 Å². The topological polar surface area (TPSA) is 35.9 Å². The van der Waals surface area contributed by atoms with Crippen molar-refractivity contribution in [2.24, 2.45) is 0 Å². The van der Waals surface area contributed by atoms with Gasteiger partial charge in [-0.25, -0.2) is 0 Å². The van der Waals surface area contributed by atoms with Gasteiger partial charge in [0.25, 0.3) is 0 Å². The van der Waals surface area contributed by atoms with E-state index in [1.165, 1.54) is 5.56 Å². The maximum Gasteiger partial charge on any atom is 0.123 e. The second-order valence-electron chi connectivity index (χ2n) is 6.18. The predicted octanol–water partition coefficient (Wildman–Crippen LogP) is 1.58. The summed E-state index contributed by atoms with van der Waals surface area (Å²) in [5.41, 5.74) is 0.635. The number of para-hydroxylation sites is 1. The van der Waals surface area contributed by atoms with Gasteiger partial charge in [0.2, 0.25) is 0 Å². The minimum atomic E-state index is -0.606. The number of benzene rings is 1. The molecule has 1 fully saturated rings. The molecule has 0 amide bonds. The molecule has 112 valence electrons. The second-order valence-corrected chi connectivity index (χ2v) is 6.18. The summed E-state index contributed by atoms with van der Waals surface area (Å²) < 4.78 is 5.40. The van der Waals surface area contributed by atoms with E-state index in [-0.39, 0.29) is 0 Å². The SMILES string of the molecule is COc1ccccc1CN1CCN(CC(C)(C)O)CC1. The molecule has 20 heavy (non-hydrogen) atoms. The van der Waals surface area contributed by atoms with E-state index in [1.807, 2.05) is 26.0 Å². The molecule has 1 aliphatic heterocycles. The van der Waals surface area contributed by atoms with Crippen LogP contribution in [0.15, 0.2) is 24.3 Å². The highest BCUT2D eigenvalue weighted by atomic mass is 16.5. The van der Waals surface area contributed by atoms with Gasteiger partial charge >= 0.3 is 0 Å². The summed E-state index contributed by atoms with van der Waals surface area (Å²) in [5, 5.41) is 9.87. The zero-order chi connectivity index (χ0) is 14.6. The Labute approximate surface area is 122 Å². The quantitative estimate of drug-likeness (QED) is 0.887. The van der Waals surface area contributed by atoms with Gasteiger partial charge in [-0.1, -0.05) is 18.2 Å². The van der Waals surface area contributed by atoms with Crippen molar-refractivity contribution in [3.05, 3.63) is 29.8 Å². The van der Waals surface area contributed by atoms with Crippen LogP contribution in [0.5, 0.6) is 5.75 Å². The summed E-state index contributed by atoms with van der Waals surface area (Å²) >= 11 is 0. The van der Waals surface area contributed by atoms with Gasteiger partial charge in [0.05, 0.1) is 12.7 Å². The molecule has 0 aliphatic carbocycles. The van der Waals surface area contributed by atoms with Gasteiger partial charge < -0.3 is 9.84 Å². The van der Waals surface area contributed by atoms with Crippen LogP contribution >= 0.6 is 0 Å². The molecule has 1 heterocycles. The maximum absolute atomic E-state index is 9.87. The lowest BCUT2D eigenvalue weighted by Crippen LogP contribution is -2.50. The zero-order valence-corrected chi connectivity index (χ0v) is 12.8. The van der Waals surface area contributed by atoms with Crippen LogP contribution in [0.2, 0.25) is 0 Å². The van der Waals surface area contributed by atoms with Crippen LogP contribution in [0.1, 0.15) is 19.4 Å². The Kier molecular flexibility index (Phi) is 5.02. The number of rotatable bonds is 5. The second kappa shape index (κ2) is 6.57. The lowest BCUT2D eigenvalue weighted by Gasteiger charge is -2.37. The molecule has 4 heteroatoms. The highest BCUT2D eigenvalue weighted by Gasteiger charge is 2.23. The van der Waals surface area contributed by atoms with Crippen molar-refractivity contribution in [3.8, 4) is 5.75 Å². The van der Waals surface area contributed by atoms with E-state index in [2.05, 4.69) is 21.9 Å². The molecule has 2 rings (SSSR count). The Morgan fingerprint density at radius 3 is 2.30 bits per heavy atom. The van der Waals surface area contributed by atoms with Crippen LogP contribution in [0.4, 0.5) is 0 Å². The summed E-state index contributed by atoms with van der Waals surface area (Å²) in [7, 11) is 1.72. The fraction of sp³-hybridized carbons (Fsp3) is 0.625. The molecular formula is C16H26N2O2. The van der Waals surface area contributed by atoms with Crippen molar-refractivity contribution in [1.29, 1.82) is 0 Å². The third-order valence-corrected chi connectivity index (χ3v) is 3.66. The lowest BCUT2D eigenvalue weighted by molar-refractivity contribution is 0.0166. The average Bonchev–Trinajstić information content (AvgIpc) is 2.40. The normalized spacial score (nSPS) is 18.2. The average molecular weight is 278 g/mol. The first-order valence-corrected chi connectivity index (χ1v) is 7.27. The highest BCUT2D eigenvalue weighted by molar-refractivity contribution is 5.33. The highest BCUT2D eigenvalue weighted by Crippen LogP contribution is 2.20. The largest absolute Gasteiger partial charge is 0.496 e. The molecule has 0 radical (unpaired) electrons. The van der Waals surface area contributed by atoms with Crippen LogP contribution in [0.3, 0.4) is 0 Å². The number of piperazine rings is 1. The first-order chi connectivity index (χ1) is 9.48. The van der Waals surface area contributed by atoms with Crippen LogP contribution in [-0.4, -0.2) is 60.3 Å². The van der Waals surface area contributed by atoms with Gasteiger partial charge in [0.1, 0.15) is 5.75 Å². The van der Waals surface area contributed by atoms with Crippen molar-refractivity contribution < 1.29 is 9.84 Å². The molecule has 1 aliphatic rings. The Bertz CT molecular complexity index is 421. The molecule has 1 aromatic carbocycles. The summed E-state index contributed by atoms with van der Waals surface area (Å²) in [4.78, 5) is 4.78. The van der Waals surface area contributed by atoms with Crippen LogP contribution in [0, 0.1) is 0 Å². The number of nitrogens with zero attached hydrogens (tertiary/aromatic N) is 2. The van der Waals surface area contributed by atoms with Crippen molar-refractivity contribution in [3.63, 3.8) is 0 Å². The molecule has 0 atom stereocenters. The van der Waals surface area contributed by atoms with Crippen molar-refractivity contribution in [2.45, 2.75) is 26.0 Å². The molecule has 0 bridgehead atoms. The monoisotopic (exact) mass is 278 g/mol. The Morgan fingerprint density at radius 1 is 1.10 bits per heavy atom. The van der Waals surface area contributed by atoms with Gasteiger partial charge in [-0.05, 0) is 19.9 Å². The van der Waals surface area contributed by atoms with E-state index in [9.17, 15) is 5.11 Å². The third kappa shape index (κ3) is 4.47. The molecule has 1 N–H and O–H groups in total. The van der Waals surface area contributed by atoms with Gasteiger partial charge in [-0.15, -0.1) is 0 Å². The predicted molar refractivity (Wildman–Crippen MR) is 81.0 cm³/mol. The number of hydrogen-bond acceptors (Lipinski definition) is 4. The minimum absolute atomic E-state index is 0.606. The molecule has 0 spiro atoms. The first-order valence-electron chi connectivity index (χ1n) is 7.27. The van der Waals surface area contributed by atoms with E-state index in [0.29, 0.717) is 0 Å². The van der Waals surface area contributed by atoms with Gasteiger partial charge in [0.15, 0.2) is 0 Å². The maximum atomic E-state index is 9.87. The van der Waals surface area contributed by atoms with Crippen molar-refractivity contribution in [1.82, 2.24) is 9.80 Å². The number of methoxy groups -OCH3 is 1. The summed E-state index contributed by atoms with van der Waals surface area (Å²) in [5.74, 6) is 0.964. The summed E-state index contributed by atoms with van der Waals surface area (Å²) in [6, 6.07) is 8.20. The molecule has 0 unspecified atom stereocenters. The summed E-state index contributed by atoms with van der Waals surface area (Å²) in [6.07, 6.45) is 0. The third-order valence-electron chi connectivity index (χ3n) is 3.66. The Balaban J connectivity index is 1.85. The Morgan fingerprint density at radius 2 is 1.70 bits per heavy atom. The zero-order valence-electron chi connectivity index (χ0n) is 12.8. The molecular weight excluding hydrogens is 252 g/mol. The number of β-amino-alcohol motifs (C(OH)–C–C–N with tert-alkyl or cyclic N) is 1. The molecule has 0 saturated carbocycles. The van der Waals surface area contributed by atoms with Crippen molar-refractivity contribution in [2.75, 3.05) is 39.8 Å². The molecule has 1 saturated heterocycles. The molecule has 4 nitrogen and oxygen atoms in total. The van der Waals surface area contributed by atoms with E-state index in [4.69, 9.17) is 4.74 Å². The van der Waals surface area contributed by atoms with Gasteiger partial charge in [-0.2, -0.15) is 0 Å². The van der Waals surface area contributed by atoms with Crippen LogP contribution < -0.4 is 4.74 Å². The number of aliphatic hydroxyl groups is 1. The standard InChI is InChI=1S/C16H26N2O2/c1-16(2,19)13-18-10-8-17(9-11-18)12-14-6-4-5-7-15(14)20-3/h4-7,19H,8-13H2,1-3H3. The van der Waals surface area contributed by atoms with E-state index < -0.39 is 5.60 Å². The fourth-order valence-corrected chi connectivity index (χ4v) is 2.73. The number of hydrogen-bond donors (Lipinski definition) is 1. The lowest BCUT2D eigenvalue weighted by atomic mass is 10.1. The van der Waals surface area contributed by atoms with E-state index in [0.717, 1.165) is 45.0 Å².